The average molecular weight is 274 g/mol. The first kappa shape index (κ1) is 13.8. The van der Waals surface area contributed by atoms with Crippen molar-refractivity contribution >= 4 is 17.3 Å². The highest BCUT2D eigenvalue weighted by atomic mass is 32.1. The Balaban J connectivity index is 1.83. The van der Waals surface area contributed by atoms with Crippen molar-refractivity contribution in [2.45, 2.75) is 26.7 Å². The maximum atomic E-state index is 12.0. The molecule has 0 bridgehead atoms. The van der Waals surface area contributed by atoms with E-state index in [1.54, 1.807) is 11.3 Å². The smallest absolute Gasteiger partial charge is 0.338 e. The summed E-state index contributed by atoms with van der Waals surface area (Å²) in [6.45, 7) is 4.44. The predicted molar refractivity (Wildman–Crippen MR) is 78.8 cm³/mol. The first-order valence-electron chi connectivity index (χ1n) is 6.44. The Morgan fingerprint density at radius 3 is 2.79 bits per heavy atom. The van der Waals surface area contributed by atoms with Crippen molar-refractivity contribution < 1.29 is 9.53 Å². The van der Waals surface area contributed by atoms with Crippen LogP contribution in [0.3, 0.4) is 0 Å². The van der Waals surface area contributed by atoms with E-state index in [4.69, 9.17) is 4.74 Å². The maximum absolute atomic E-state index is 12.0. The number of ether oxygens (including phenoxy) is 1. The summed E-state index contributed by atoms with van der Waals surface area (Å²) < 4.78 is 5.33. The molecule has 0 saturated carbocycles. The van der Waals surface area contributed by atoms with Gasteiger partial charge in [-0.1, -0.05) is 18.2 Å². The maximum Gasteiger partial charge on any atom is 0.338 e. The van der Waals surface area contributed by atoms with Crippen LogP contribution in [0.15, 0.2) is 35.7 Å². The van der Waals surface area contributed by atoms with Gasteiger partial charge >= 0.3 is 5.97 Å². The molecule has 0 unspecified atom stereocenters. The minimum Gasteiger partial charge on any atom is -0.462 e. The van der Waals surface area contributed by atoms with Gasteiger partial charge in [0.1, 0.15) is 0 Å². The lowest BCUT2D eigenvalue weighted by molar-refractivity contribution is 0.0500. The van der Waals surface area contributed by atoms with Crippen molar-refractivity contribution in [3.63, 3.8) is 0 Å². The highest BCUT2D eigenvalue weighted by Gasteiger charge is 2.11. The summed E-state index contributed by atoms with van der Waals surface area (Å²) in [5, 5.41) is 2.07. The standard InChI is InChI=1S/C16H18O2S/c1-12-6-3-9-15(13(12)2)16(17)18-10-4-7-14-8-5-11-19-14/h3,5-6,8-9,11H,4,7,10H2,1-2H3. The minimum atomic E-state index is -0.215. The van der Waals surface area contributed by atoms with Gasteiger partial charge < -0.3 is 4.74 Å². The Morgan fingerprint density at radius 1 is 1.21 bits per heavy atom. The van der Waals surface area contributed by atoms with Crippen LogP contribution >= 0.6 is 11.3 Å². The molecule has 0 N–H and O–H groups in total. The summed E-state index contributed by atoms with van der Waals surface area (Å²) in [6.07, 6.45) is 1.84. The van der Waals surface area contributed by atoms with Crippen LogP contribution < -0.4 is 0 Å². The number of esters is 1. The molecule has 1 heterocycles. The predicted octanol–water partition coefficient (Wildman–Crippen LogP) is 4.15. The number of rotatable bonds is 5. The van der Waals surface area contributed by atoms with Crippen LogP contribution in [-0.2, 0) is 11.2 Å². The number of hydrogen-bond acceptors (Lipinski definition) is 3. The molecule has 1 aromatic carbocycles. The lowest BCUT2D eigenvalue weighted by atomic mass is 10.0. The zero-order chi connectivity index (χ0) is 13.7. The fourth-order valence-corrected chi connectivity index (χ4v) is 2.67. The Morgan fingerprint density at radius 2 is 2.05 bits per heavy atom. The largest absolute Gasteiger partial charge is 0.462 e. The van der Waals surface area contributed by atoms with Gasteiger partial charge in [0.2, 0.25) is 0 Å². The fourth-order valence-electron chi connectivity index (χ4n) is 1.92. The molecule has 0 aliphatic heterocycles. The monoisotopic (exact) mass is 274 g/mol. The van der Waals surface area contributed by atoms with Crippen LogP contribution in [-0.4, -0.2) is 12.6 Å². The van der Waals surface area contributed by atoms with Crippen LogP contribution in [0.2, 0.25) is 0 Å². The number of carbonyl (C=O) groups excluding carboxylic acids is 1. The van der Waals surface area contributed by atoms with Gasteiger partial charge in [0.15, 0.2) is 0 Å². The second kappa shape index (κ2) is 6.53. The van der Waals surface area contributed by atoms with E-state index >= 15 is 0 Å². The zero-order valence-corrected chi connectivity index (χ0v) is 12.1. The molecule has 0 fully saturated rings. The van der Waals surface area contributed by atoms with Gasteiger partial charge in [0, 0.05) is 4.88 Å². The summed E-state index contributed by atoms with van der Waals surface area (Å²) in [5.74, 6) is -0.215. The molecule has 19 heavy (non-hydrogen) atoms. The van der Waals surface area contributed by atoms with E-state index in [9.17, 15) is 4.79 Å². The summed E-state index contributed by atoms with van der Waals surface area (Å²) in [5.41, 5.74) is 2.80. The molecule has 0 aliphatic rings. The highest BCUT2D eigenvalue weighted by Crippen LogP contribution is 2.14. The number of aryl methyl sites for hydroxylation is 2. The first-order chi connectivity index (χ1) is 9.18. The highest BCUT2D eigenvalue weighted by molar-refractivity contribution is 7.09. The Labute approximate surface area is 118 Å². The van der Waals surface area contributed by atoms with Gasteiger partial charge in [0.05, 0.1) is 12.2 Å². The normalized spacial score (nSPS) is 10.4. The molecule has 0 radical (unpaired) electrons. The molecule has 2 aromatic rings. The van der Waals surface area contributed by atoms with Gasteiger partial charge in [-0.3, -0.25) is 0 Å². The number of thiophene rings is 1. The van der Waals surface area contributed by atoms with E-state index in [0.29, 0.717) is 12.2 Å². The molecule has 3 heteroatoms. The van der Waals surface area contributed by atoms with Crippen LogP contribution in [0.1, 0.15) is 32.8 Å². The third-order valence-electron chi connectivity index (χ3n) is 3.21. The summed E-state index contributed by atoms with van der Waals surface area (Å²) in [6, 6.07) is 9.87. The molecular formula is C16H18O2S. The van der Waals surface area contributed by atoms with Crippen LogP contribution in [0, 0.1) is 13.8 Å². The third-order valence-corrected chi connectivity index (χ3v) is 4.14. The van der Waals surface area contributed by atoms with Crippen molar-refractivity contribution in [2.75, 3.05) is 6.61 Å². The lowest BCUT2D eigenvalue weighted by Gasteiger charge is -2.08. The summed E-state index contributed by atoms with van der Waals surface area (Å²) >= 11 is 1.74. The number of hydrogen-bond donors (Lipinski definition) is 0. The molecule has 0 aliphatic carbocycles. The topological polar surface area (TPSA) is 26.3 Å². The molecule has 2 rings (SSSR count). The molecule has 100 valence electrons. The lowest BCUT2D eigenvalue weighted by Crippen LogP contribution is -2.09. The minimum absolute atomic E-state index is 0.215. The summed E-state index contributed by atoms with van der Waals surface area (Å²) in [7, 11) is 0. The van der Waals surface area contributed by atoms with E-state index in [1.165, 1.54) is 4.88 Å². The number of carbonyl (C=O) groups is 1. The Hall–Kier alpha value is -1.61. The van der Waals surface area contributed by atoms with Gasteiger partial charge in [-0.05, 0) is 55.3 Å². The zero-order valence-electron chi connectivity index (χ0n) is 11.3. The van der Waals surface area contributed by atoms with E-state index in [1.807, 2.05) is 38.1 Å². The van der Waals surface area contributed by atoms with Crippen molar-refractivity contribution in [1.82, 2.24) is 0 Å². The molecule has 0 saturated heterocycles. The van der Waals surface area contributed by atoms with Gasteiger partial charge in [-0.15, -0.1) is 11.3 Å². The van der Waals surface area contributed by atoms with E-state index in [-0.39, 0.29) is 5.97 Å². The van der Waals surface area contributed by atoms with Crippen LogP contribution in [0.25, 0.3) is 0 Å². The van der Waals surface area contributed by atoms with E-state index in [2.05, 4.69) is 11.4 Å². The van der Waals surface area contributed by atoms with Crippen molar-refractivity contribution in [2.24, 2.45) is 0 Å². The second-order valence-corrected chi connectivity index (χ2v) is 5.60. The molecular weight excluding hydrogens is 256 g/mol. The molecule has 0 amide bonds. The van der Waals surface area contributed by atoms with Gasteiger partial charge in [-0.2, -0.15) is 0 Å². The van der Waals surface area contributed by atoms with E-state index in [0.717, 1.165) is 24.0 Å². The van der Waals surface area contributed by atoms with Crippen LogP contribution in [0.4, 0.5) is 0 Å². The SMILES string of the molecule is Cc1cccc(C(=O)OCCCc2cccs2)c1C. The fraction of sp³-hybridized carbons (Fsp3) is 0.312. The Kier molecular flexibility index (Phi) is 4.74. The molecule has 2 nitrogen and oxygen atoms in total. The third kappa shape index (κ3) is 3.67. The molecule has 0 spiro atoms. The quantitative estimate of drug-likeness (QED) is 0.604. The average Bonchev–Trinajstić information content (AvgIpc) is 2.91. The van der Waals surface area contributed by atoms with Crippen molar-refractivity contribution in [1.29, 1.82) is 0 Å². The van der Waals surface area contributed by atoms with Crippen molar-refractivity contribution in [3.8, 4) is 0 Å². The van der Waals surface area contributed by atoms with Crippen molar-refractivity contribution in [3.05, 3.63) is 57.3 Å². The van der Waals surface area contributed by atoms with E-state index < -0.39 is 0 Å². The Bertz CT molecular complexity index is 544. The molecule has 1 aromatic heterocycles. The van der Waals surface area contributed by atoms with Gasteiger partial charge in [0.25, 0.3) is 0 Å². The molecule has 0 atom stereocenters. The van der Waals surface area contributed by atoms with Crippen LogP contribution in [0.5, 0.6) is 0 Å². The second-order valence-electron chi connectivity index (χ2n) is 4.57. The summed E-state index contributed by atoms with van der Waals surface area (Å²) in [4.78, 5) is 13.3. The van der Waals surface area contributed by atoms with Gasteiger partial charge in [-0.25, -0.2) is 4.79 Å². The first-order valence-corrected chi connectivity index (χ1v) is 7.32. The number of benzene rings is 1.